The van der Waals surface area contributed by atoms with E-state index >= 15 is 0 Å². The first kappa shape index (κ1) is 7.24. The van der Waals surface area contributed by atoms with Gasteiger partial charge in [0.25, 0.3) is 0 Å². The highest BCUT2D eigenvalue weighted by Crippen LogP contribution is 2.21. The Morgan fingerprint density at radius 2 is 2.00 bits per heavy atom. The van der Waals surface area contributed by atoms with Crippen LogP contribution in [0.5, 0.6) is 0 Å². The molecule has 0 saturated carbocycles. The number of rotatable bonds is 1. The molecule has 0 spiro atoms. The molecule has 3 N–H and O–H groups in total. The van der Waals surface area contributed by atoms with Gasteiger partial charge in [-0.05, 0) is 11.3 Å². The molecule has 0 bridgehead atoms. The number of H-pyrrole nitrogens is 1. The summed E-state index contributed by atoms with van der Waals surface area (Å²) in [5.74, 6) is 0. The molecule has 12 heavy (non-hydrogen) atoms. The zero-order valence-electron chi connectivity index (χ0n) is 6.32. The van der Waals surface area contributed by atoms with Gasteiger partial charge in [0.05, 0.1) is 0 Å². The molecule has 0 aliphatic heterocycles. The van der Waals surface area contributed by atoms with E-state index in [0.29, 0.717) is 5.13 Å². The summed E-state index contributed by atoms with van der Waals surface area (Å²) in [5, 5.41) is 8.33. The zero-order valence-corrected chi connectivity index (χ0v) is 7.14. The van der Waals surface area contributed by atoms with Crippen molar-refractivity contribution in [3.8, 4) is 10.6 Å². The largest absolute Gasteiger partial charge is 0.352 e. The first-order chi connectivity index (χ1) is 5.86. The number of nitrogens with zero attached hydrogens (tertiary/aromatic N) is 1. The molecule has 0 amide bonds. The molecule has 3 nitrogen and oxygen atoms in total. The Bertz CT molecular complexity index is 369. The van der Waals surface area contributed by atoms with Crippen molar-refractivity contribution in [2.75, 3.05) is 5.73 Å². The van der Waals surface area contributed by atoms with Crippen LogP contribution in [0.2, 0.25) is 0 Å². The number of aromatic amines is 1. The molecule has 0 radical (unpaired) electrons. The van der Waals surface area contributed by atoms with Gasteiger partial charge in [-0.3, -0.25) is 5.73 Å². The van der Waals surface area contributed by atoms with Crippen LogP contribution in [0.4, 0.5) is 5.13 Å². The average Bonchev–Trinajstić information content (AvgIpc) is 2.54. The van der Waals surface area contributed by atoms with E-state index in [1.807, 2.05) is 30.3 Å². The topological polar surface area (TPSA) is 53.0 Å². The third-order valence-corrected chi connectivity index (χ3v) is 2.33. The maximum Gasteiger partial charge on any atom is 0.352 e. The maximum atomic E-state index is 5.52. The number of nitrogen functional groups attached to an aromatic ring is 1. The van der Waals surface area contributed by atoms with Gasteiger partial charge < -0.3 is 0 Å². The third kappa shape index (κ3) is 1.29. The summed E-state index contributed by atoms with van der Waals surface area (Å²) >= 11 is 1.45. The lowest BCUT2D eigenvalue weighted by molar-refractivity contribution is -0.430. The fraction of sp³-hybridized carbons (Fsp3) is 0. The van der Waals surface area contributed by atoms with E-state index in [-0.39, 0.29) is 0 Å². The van der Waals surface area contributed by atoms with Gasteiger partial charge in [-0.15, -0.1) is 5.10 Å². The number of nitrogens with two attached hydrogens (primary N) is 1. The van der Waals surface area contributed by atoms with Gasteiger partial charge in [0.15, 0.2) is 5.01 Å². The van der Waals surface area contributed by atoms with Gasteiger partial charge in [-0.2, -0.15) is 0 Å². The molecular formula is C8H8N3S+. The Balaban J connectivity index is 2.45. The Morgan fingerprint density at radius 3 is 2.58 bits per heavy atom. The molecule has 60 valence electrons. The highest BCUT2D eigenvalue weighted by atomic mass is 32.1. The minimum absolute atomic E-state index is 0.633. The third-order valence-electron chi connectivity index (χ3n) is 1.50. The molecule has 0 atom stereocenters. The normalized spacial score (nSPS) is 10.0. The highest BCUT2D eigenvalue weighted by molar-refractivity contribution is 7.17. The van der Waals surface area contributed by atoms with Crippen molar-refractivity contribution in [1.82, 2.24) is 5.10 Å². The van der Waals surface area contributed by atoms with Gasteiger partial charge in [-0.25, -0.2) is 0 Å². The number of nitrogens with one attached hydrogen (secondary N) is 1. The van der Waals surface area contributed by atoms with E-state index in [9.17, 15) is 0 Å². The summed E-state index contributed by atoms with van der Waals surface area (Å²) in [7, 11) is 0. The second-order valence-electron chi connectivity index (χ2n) is 2.36. The predicted molar refractivity (Wildman–Crippen MR) is 48.5 cm³/mol. The molecule has 0 aliphatic rings. The molecular weight excluding hydrogens is 170 g/mol. The van der Waals surface area contributed by atoms with Gasteiger partial charge in [0.2, 0.25) is 0 Å². The predicted octanol–water partition coefficient (Wildman–Crippen LogP) is 1.21. The van der Waals surface area contributed by atoms with Crippen molar-refractivity contribution in [2.45, 2.75) is 0 Å². The molecule has 4 heteroatoms. The molecule has 2 aromatic rings. The van der Waals surface area contributed by atoms with Crippen LogP contribution in [0.25, 0.3) is 10.6 Å². The summed E-state index contributed by atoms with van der Waals surface area (Å²) in [5.41, 5.74) is 6.61. The number of aromatic nitrogens is 2. The van der Waals surface area contributed by atoms with Gasteiger partial charge in [0.1, 0.15) is 0 Å². The lowest BCUT2D eigenvalue weighted by Gasteiger charge is -1.89. The van der Waals surface area contributed by atoms with Crippen LogP contribution in [0, 0.1) is 0 Å². The molecule has 1 heterocycles. The highest BCUT2D eigenvalue weighted by Gasteiger charge is 2.05. The lowest BCUT2D eigenvalue weighted by Crippen LogP contribution is -2.06. The van der Waals surface area contributed by atoms with E-state index in [2.05, 4.69) is 10.2 Å². The first-order valence-corrected chi connectivity index (χ1v) is 4.37. The second-order valence-corrected chi connectivity index (χ2v) is 3.39. The molecule has 0 aliphatic carbocycles. The van der Waals surface area contributed by atoms with E-state index in [0.717, 1.165) is 10.6 Å². The van der Waals surface area contributed by atoms with Crippen LogP contribution in [-0.2, 0) is 0 Å². The monoisotopic (exact) mass is 178 g/mol. The zero-order chi connectivity index (χ0) is 8.39. The fourth-order valence-corrected chi connectivity index (χ4v) is 1.60. The Kier molecular flexibility index (Phi) is 1.75. The van der Waals surface area contributed by atoms with Crippen LogP contribution in [0.15, 0.2) is 30.3 Å². The van der Waals surface area contributed by atoms with Gasteiger partial charge in [-0.1, -0.05) is 35.4 Å². The fourth-order valence-electron chi connectivity index (χ4n) is 0.960. The van der Waals surface area contributed by atoms with Crippen LogP contribution in [-0.4, -0.2) is 5.10 Å². The summed E-state index contributed by atoms with van der Waals surface area (Å²) in [6.45, 7) is 0. The Labute approximate surface area is 73.9 Å². The van der Waals surface area contributed by atoms with Crippen LogP contribution >= 0.6 is 11.3 Å². The number of anilines is 1. The standard InChI is InChI=1S/C8H7N3S/c9-8-11-10-7(12-8)6-4-2-1-3-5-6/h1-5H,(H2,9,11)/p+1. The van der Waals surface area contributed by atoms with Crippen molar-refractivity contribution >= 4 is 16.5 Å². The second kappa shape index (κ2) is 2.91. The van der Waals surface area contributed by atoms with Gasteiger partial charge >= 0.3 is 5.13 Å². The Hall–Kier alpha value is -1.42. The first-order valence-electron chi connectivity index (χ1n) is 3.55. The van der Waals surface area contributed by atoms with Crippen molar-refractivity contribution in [1.29, 1.82) is 0 Å². The number of benzene rings is 1. The van der Waals surface area contributed by atoms with E-state index in [1.165, 1.54) is 11.3 Å². The average molecular weight is 178 g/mol. The molecule has 2 rings (SSSR count). The van der Waals surface area contributed by atoms with Crippen molar-refractivity contribution < 1.29 is 5.10 Å². The lowest BCUT2D eigenvalue weighted by atomic mass is 10.2. The summed E-state index contributed by atoms with van der Waals surface area (Å²) < 4.78 is 0. The van der Waals surface area contributed by atoms with Crippen LogP contribution < -0.4 is 10.8 Å². The van der Waals surface area contributed by atoms with Crippen LogP contribution in [0.1, 0.15) is 0 Å². The summed E-state index contributed by atoms with van der Waals surface area (Å²) in [6, 6.07) is 9.95. The quantitative estimate of drug-likeness (QED) is 0.713. The van der Waals surface area contributed by atoms with Crippen molar-refractivity contribution in [3.63, 3.8) is 0 Å². The SMILES string of the molecule is Nc1[nH+]nc(-c2ccccc2)s1. The number of hydrogen-bond acceptors (Lipinski definition) is 3. The molecule has 0 fully saturated rings. The molecule has 1 aromatic heterocycles. The van der Waals surface area contributed by atoms with E-state index < -0.39 is 0 Å². The summed E-state index contributed by atoms with van der Waals surface area (Å²) in [6.07, 6.45) is 0. The maximum absolute atomic E-state index is 5.52. The van der Waals surface area contributed by atoms with E-state index in [4.69, 9.17) is 5.73 Å². The van der Waals surface area contributed by atoms with Gasteiger partial charge in [0, 0.05) is 5.56 Å². The van der Waals surface area contributed by atoms with Crippen molar-refractivity contribution in [3.05, 3.63) is 30.3 Å². The smallest absolute Gasteiger partial charge is 0.276 e. The summed E-state index contributed by atoms with van der Waals surface area (Å²) in [4.78, 5) is 0. The minimum Gasteiger partial charge on any atom is -0.276 e. The molecule has 0 unspecified atom stereocenters. The Morgan fingerprint density at radius 1 is 1.25 bits per heavy atom. The van der Waals surface area contributed by atoms with E-state index in [1.54, 1.807) is 0 Å². The molecule has 1 aromatic carbocycles. The van der Waals surface area contributed by atoms with Crippen molar-refractivity contribution in [2.24, 2.45) is 0 Å². The molecule has 0 saturated heterocycles. The number of hydrogen-bond donors (Lipinski definition) is 1. The van der Waals surface area contributed by atoms with Crippen LogP contribution in [0.3, 0.4) is 0 Å². The minimum atomic E-state index is 0.633.